The number of phosphoric ester groups is 1. The Morgan fingerprint density at radius 3 is 0.925 bits per heavy atom. The molecule has 0 aliphatic rings. The summed E-state index contributed by atoms with van der Waals surface area (Å²) in [5, 5.41) is 14.0. The second kappa shape index (κ2) is 62.8. The van der Waals surface area contributed by atoms with E-state index in [2.05, 4.69) is 19.2 Å². The maximum absolute atomic E-state index is 13.0. The van der Waals surface area contributed by atoms with E-state index in [1.54, 1.807) is 6.08 Å². The molecule has 8 nitrogen and oxygen atoms in total. The van der Waals surface area contributed by atoms with E-state index in [0.29, 0.717) is 17.4 Å². The van der Waals surface area contributed by atoms with Gasteiger partial charge in [0.05, 0.1) is 39.9 Å². The molecule has 0 fully saturated rings. The minimum atomic E-state index is -4.35. The Kier molecular flexibility index (Phi) is 62.2. The molecule has 3 atom stereocenters. The van der Waals surface area contributed by atoms with Crippen LogP contribution in [0.15, 0.2) is 12.2 Å². The van der Waals surface area contributed by atoms with Crippen molar-refractivity contribution in [2.45, 2.75) is 398 Å². The Bertz CT molecular complexity index is 1310. The monoisotopic (exact) mass is 1150 g/mol. The van der Waals surface area contributed by atoms with Gasteiger partial charge in [-0.15, -0.1) is 0 Å². The number of phosphoric acid groups is 1. The molecule has 0 saturated heterocycles. The van der Waals surface area contributed by atoms with Crippen molar-refractivity contribution < 1.29 is 32.9 Å². The molecule has 0 aromatic carbocycles. The highest BCUT2D eigenvalue weighted by atomic mass is 31.2. The number of aliphatic hydroxyl groups excluding tert-OH is 1. The Morgan fingerprint density at radius 2 is 0.662 bits per heavy atom. The van der Waals surface area contributed by atoms with E-state index in [4.69, 9.17) is 9.05 Å². The van der Waals surface area contributed by atoms with Crippen LogP contribution in [0.3, 0.4) is 0 Å². The molecule has 0 spiro atoms. The van der Waals surface area contributed by atoms with Gasteiger partial charge in [-0.25, -0.2) is 4.57 Å². The Balaban J connectivity index is 3.83. The summed E-state index contributed by atoms with van der Waals surface area (Å²) >= 11 is 0. The minimum absolute atomic E-state index is 0.0653. The highest BCUT2D eigenvalue weighted by Gasteiger charge is 2.28. The number of hydrogen-bond acceptors (Lipinski definition) is 5. The number of unbranched alkanes of at least 4 members (excludes halogenated alkanes) is 55. The first kappa shape index (κ1) is 79.2. The van der Waals surface area contributed by atoms with Crippen LogP contribution in [0.2, 0.25) is 0 Å². The van der Waals surface area contributed by atoms with E-state index in [1.807, 2.05) is 27.2 Å². The van der Waals surface area contributed by atoms with Crippen molar-refractivity contribution in [3.63, 3.8) is 0 Å². The number of rotatable bonds is 68. The van der Waals surface area contributed by atoms with Gasteiger partial charge < -0.3 is 19.8 Å². The summed E-state index contributed by atoms with van der Waals surface area (Å²) < 4.78 is 23.8. The van der Waals surface area contributed by atoms with Gasteiger partial charge in [0, 0.05) is 6.42 Å². The summed E-state index contributed by atoms with van der Waals surface area (Å²) in [6, 6.07) is -0.843. The summed E-state index contributed by atoms with van der Waals surface area (Å²) in [7, 11) is 1.59. The van der Waals surface area contributed by atoms with Crippen molar-refractivity contribution in [3.8, 4) is 0 Å². The van der Waals surface area contributed by atoms with Gasteiger partial charge in [-0.2, -0.15) is 0 Å². The third-order valence-corrected chi connectivity index (χ3v) is 18.0. The summed E-state index contributed by atoms with van der Waals surface area (Å²) in [5.41, 5.74) is 0. The summed E-state index contributed by atoms with van der Waals surface area (Å²) in [6.07, 6.45) is 81.0. The van der Waals surface area contributed by atoms with Gasteiger partial charge >= 0.3 is 7.82 Å². The number of carbonyl (C=O) groups excluding carboxylic acids is 1. The van der Waals surface area contributed by atoms with Gasteiger partial charge in [0.15, 0.2) is 0 Å². The summed E-state index contributed by atoms with van der Waals surface area (Å²) in [6.45, 7) is 4.88. The molecule has 0 aromatic heterocycles. The molecule has 0 radical (unpaired) electrons. The second-order valence-electron chi connectivity index (χ2n) is 26.3. The van der Waals surface area contributed by atoms with Crippen molar-refractivity contribution in [2.24, 2.45) is 0 Å². The molecule has 80 heavy (non-hydrogen) atoms. The molecular formula is C71H144N2O6P+. The molecule has 0 aliphatic heterocycles. The standard InChI is InChI=1S/C71H143N2O6P/c1-6-8-10-12-14-16-18-20-22-24-25-26-27-28-29-30-31-32-33-34-35-36-37-38-39-40-41-42-43-44-45-46-47-49-51-53-55-57-59-61-63-65-71(75)72-69(68-79-80(76,77)78-67-66-73(3,4)5)70(74)64-62-60-58-56-54-52-50-48-23-21-19-17-15-13-11-9-7-2/h62,64,69-70,74H,6-61,63,65-68H2,1-5H3,(H-,72,75,76,77)/p+1/b64-62+. The van der Waals surface area contributed by atoms with Crippen LogP contribution < -0.4 is 5.32 Å². The first-order chi connectivity index (χ1) is 39.0. The number of nitrogens with one attached hydrogen (secondary N) is 1. The zero-order valence-electron chi connectivity index (χ0n) is 54.9. The highest BCUT2D eigenvalue weighted by molar-refractivity contribution is 7.47. The van der Waals surface area contributed by atoms with Gasteiger partial charge in [-0.1, -0.05) is 373 Å². The number of hydrogen-bond donors (Lipinski definition) is 3. The van der Waals surface area contributed by atoms with E-state index in [9.17, 15) is 19.4 Å². The Hall–Kier alpha value is -0.760. The minimum Gasteiger partial charge on any atom is -0.387 e. The lowest BCUT2D eigenvalue weighted by atomic mass is 10.0. The quantitative estimate of drug-likeness (QED) is 0.0243. The molecular weight excluding hydrogens is 1010 g/mol. The molecule has 0 aliphatic carbocycles. The fraction of sp³-hybridized carbons (Fsp3) is 0.958. The van der Waals surface area contributed by atoms with Crippen LogP contribution in [0.4, 0.5) is 0 Å². The van der Waals surface area contributed by atoms with Crippen LogP contribution in [-0.4, -0.2) is 73.4 Å². The van der Waals surface area contributed by atoms with Crippen LogP contribution in [0.25, 0.3) is 0 Å². The van der Waals surface area contributed by atoms with E-state index in [-0.39, 0.29) is 19.1 Å². The van der Waals surface area contributed by atoms with E-state index >= 15 is 0 Å². The van der Waals surface area contributed by atoms with Gasteiger partial charge in [-0.3, -0.25) is 13.8 Å². The van der Waals surface area contributed by atoms with E-state index in [1.165, 1.54) is 334 Å². The van der Waals surface area contributed by atoms with Crippen LogP contribution in [0.5, 0.6) is 0 Å². The Labute approximate surface area is 501 Å². The van der Waals surface area contributed by atoms with Gasteiger partial charge in [0.2, 0.25) is 5.91 Å². The number of aliphatic hydroxyl groups is 1. The maximum atomic E-state index is 13.0. The molecule has 0 saturated carbocycles. The van der Waals surface area contributed by atoms with Crippen LogP contribution in [-0.2, 0) is 18.4 Å². The van der Waals surface area contributed by atoms with Crippen molar-refractivity contribution >= 4 is 13.7 Å². The lowest BCUT2D eigenvalue weighted by molar-refractivity contribution is -0.870. The zero-order valence-corrected chi connectivity index (χ0v) is 55.8. The smallest absolute Gasteiger partial charge is 0.387 e. The lowest BCUT2D eigenvalue weighted by Crippen LogP contribution is -2.45. The SMILES string of the molecule is CCCCCCCCCCCCCCCCC/C=C/C(O)C(COP(=O)(O)OCC[N+](C)(C)C)NC(=O)CCCCCCCCCCCCCCCCCCCCCCCCCCCCCCCCCCCCCCCCCCC. The molecule has 3 unspecified atom stereocenters. The summed E-state index contributed by atoms with van der Waals surface area (Å²) in [5.74, 6) is -0.168. The van der Waals surface area contributed by atoms with E-state index < -0.39 is 20.0 Å². The molecule has 0 aromatic rings. The first-order valence-corrected chi connectivity index (χ1v) is 37.6. The molecule has 0 heterocycles. The number of quaternary nitrogens is 1. The molecule has 0 bridgehead atoms. The average molecular weight is 1150 g/mol. The van der Waals surface area contributed by atoms with Crippen LogP contribution in [0.1, 0.15) is 386 Å². The fourth-order valence-electron chi connectivity index (χ4n) is 11.4. The largest absolute Gasteiger partial charge is 0.472 e. The third-order valence-electron chi connectivity index (χ3n) is 17.0. The fourth-order valence-corrected chi connectivity index (χ4v) is 12.1. The summed E-state index contributed by atoms with van der Waals surface area (Å²) in [4.78, 5) is 23.4. The number of nitrogens with zero attached hydrogens (tertiary/aromatic N) is 1. The zero-order chi connectivity index (χ0) is 58.4. The maximum Gasteiger partial charge on any atom is 0.472 e. The predicted octanol–water partition coefficient (Wildman–Crippen LogP) is 22.9. The first-order valence-electron chi connectivity index (χ1n) is 36.1. The number of carbonyl (C=O) groups is 1. The van der Waals surface area contributed by atoms with Crippen LogP contribution >= 0.6 is 7.82 Å². The van der Waals surface area contributed by atoms with Gasteiger partial charge in [0.25, 0.3) is 0 Å². The Morgan fingerprint density at radius 1 is 0.412 bits per heavy atom. The van der Waals surface area contributed by atoms with Crippen LogP contribution in [0, 0.1) is 0 Å². The molecule has 1 amide bonds. The normalized spacial score (nSPS) is 13.6. The highest BCUT2D eigenvalue weighted by Crippen LogP contribution is 2.43. The van der Waals surface area contributed by atoms with Gasteiger partial charge in [-0.05, 0) is 19.3 Å². The number of likely N-dealkylation sites (N-methyl/N-ethyl adjacent to an activating group) is 1. The second-order valence-corrected chi connectivity index (χ2v) is 27.8. The molecule has 0 rings (SSSR count). The molecule has 478 valence electrons. The average Bonchev–Trinajstić information content (AvgIpc) is 3.43. The third kappa shape index (κ3) is 64.8. The number of allylic oxidation sites excluding steroid dienone is 1. The van der Waals surface area contributed by atoms with Crippen molar-refractivity contribution in [1.29, 1.82) is 0 Å². The van der Waals surface area contributed by atoms with Crippen molar-refractivity contribution in [2.75, 3.05) is 40.9 Å². The number of amides is 1. The van der Waals surface area contributed by atoms with Gasteiger partial charge in [0.1, 0.15) is 13.2 Å². The van der Waals surface area contributed by atoms with E-state index in [0.717, 1.165) is 32.1 Å². The molecule has 9 heteroatoms. The molecule has 3 N–H and O–H groups in total. The van der Waals surface area contributed by atoms with Crippen molar-refractivity contribution in [3.05, 3.63) is 12.2 Å². The predicted molar refractivity (Wildman–Crippen MR) is 351 cm³/mol. The lowest BCUT2D eigenvalue weighted by Gasteiger charge is -2.25. The van der Waals surface area contributed by atoms with Crippen molar-refractivity contribution in [1.82, 2.24) is 5.32 Å². The topological polar surface area (TPSA) is 105 Å².